The van der Waals surface area contributed by atoms with Crippen LogP contribution in [0, 0.1) is 5.41 Å². The minimum absolute atomic E-state index is 0.0911. The molecule has 0 amide bonds. The van der Waals surface area contributed by atoms with Gasteiger partial charge in [0.05, 0.1) is 0 Å². The molecule has 0 radical (unpaired) electrons. The maximum absolute atomic E-state index is 9.49. The highest BCUT2D eigenvalue weighted by atomic mass is 16.3. The molecule has 0 aliphatic heterocycles. The summed E-state index contributed by atoms with van der Waals surface area (Å²) in [5.74, 6) is 0.288. The molecule has 0 aliphatic carbocycles. The van der Waals surface area contributed by atoms with Crippen molar-refractivity contribution in [2.75, 3.05) is 6.61 Å². The van der Waals surface area contributed by atoms with Crippen LogP contribution < -0.4 is 5.32 Å². The van der Waals surface area contributed by atoms with E-state index in [0.717, 1.165) is 12.0 Å². The van der Waals surface area contributed by atoms with Crippen LogP contribution in [0.2, 0.25) is 0 Å². The summed E-state index contributed by atoms with van der Waals surface area (Å²) < 4.78 is 0. The van der Waals surface area contributed by atoms with Crippen molar-refractivity contribution in [2.24, 2.45) is 5.41 Å². The zero-order valence-electron chi connectivity index (χ0n) is 11.8. The van der Waals surface area contributed by atoms with Crippen molar-refractivity contribution in [3.05, 3.63) is 29.8 Å². The van der Waals surface area contributed by atoms with Crippen LogP contribution in [0.5, 0.6) is 5.75 Å². The number of aliphatic hydroxyl groups excluding tert-OH is 1. The van der Waals surface area contributed by atoms with Crippen molar-refractivity contribution in [1.82, 2.24) is 5.32 Å². The van der Waals surface area contributed by atoms with Crippen molar-refractivity contribution in [3.63, 3.8) is 0 Å². The van der Waals surface area contributed by atoms with Gasteiger partial charge in [-0.1, -0.05) is 32.9 Å². The largest absolute Gasteiger partial charge is 0.508 e. The molecule has 0 fully saturated rings. The molecule has 0 saturated heterocycles. The molecule has 1 rings (SSSR count). The number of rotatable bonds is 5. The van der Waals surface area contributed by atoms with Gasteiger partial charge in [0, 0.05) is 18.7 Å². The third-order valence-electron chi connectivity index (χ3n) is 3.28. The smallest absolute Gasteiger partial charge is 0.115 e. The Bertz CT molecular complexity index is 371. The second-order valence-corrected chi connectivity index (χ2v) is 5.91. The second kappa shape index (κ2) is 6.21. The summed E-state index contributed by atoms with van der Waals surface area (Å²) in [6.45, 7) is 8.74. The maximum atomic E-state index is 9.49. The molecule has 3 N–H and O–H groups in total. The van der Waals surface area contributed by atoms with Gasteiger partial charge in [0.15, 0.2) is 0 Å². The van der Waals surface area contributed by atoms with Gasteiger partial charge in [-0.3, -0.25) is 0 Å². The zero-order valence-corrected chi connectivity index (χ0v) is 11.8. The quantitative estimate of drug-likeness (QED) is 0.754. The molecule has 0 aliphatic rings. The first-order chi connectivity index (χ1) is 8.34. The number of aliphatic hydroxyl groups is 1. The fourth-order valence-electron chi connectivity index (χ4n) is 2.09. The van der Waals surface area contributed by atoms with E-state index in [1.165, 1.54) is 0 Å². The minimum Gasteiger partial charge on any atom is -0.508 e. The van der Waals surface area contributed by atoms with Gasteiger partial charge in [-0.25, -0.2) is 0 Å². The van der Waals surface area contributed by atoms with E-state index in [1.807, 2.05) is 12.1 Å². The van der Waals surface area contributed by atoms with Crippen LogP contribution in [0.25, 0.3) is 0 Å². The Labute approximate surface area is 110 Å². The molecule has 0 aromatic heterocycles. The lowest BCUT2D eigenvalue weighted by atomic mass is 9.84. The van der Waals surface area contributed by atoms with Crippen LogP contribution in [0.4, 0.5) is 0 Å². The number of hydrogen-bond donors (Lipinski definition) is 3. The lowest BCUT2D eigenvalue weighted by Crippen LogP contribution is -2.42. The first-order valence-electron chi connectivity index (χ1n) is 6.50. The Morgan fingerprint density at radius 3 is 2.44 bits per heavy atom. The van der Waals surface area contributed by atoms with E-state index in [0.29, 0.717) is 0 Å². The first kappa shape index (κ1) is 15.0. The lowest BCUT2D eigenvalue weighted by molar-refractivity contribution is 0.188. The summed E-state index contributed by atoms with van der Waals surface area (Å²) in [6, 6.07) is 7.67. The molecule has 1 aromatic rings. The van der Waals surface area contributed by atoms with Crippen LogP contribution in [0.1, 0.15) is 45.7 Å². The lowest BCUT2D eigenvalue weighted by Gasteiger charge is -2.34. The third kappa shape index (κ3) is 4.31. The van der Waals surface area contributed by atoms with Gasteiger partial charge in [-0.05, 0) is 36.5 Å². The van der Waals surface area contributed by atoms with Crippen LogP contribution in [-0.4, -0.2) is 22.9 Å². The summed E-state index contributed by atoms with van der Waals surface area (Å²) in [6.07, 6.45) is 0.729. The van der Waals surface area contributed by atoms with Crippen molar-refractivity contribution in [3.8, 4) is 5.75 Å². The van der Waals surface area contributed by atoms with Crippen LogP contribution in [0.3, 0.4) is 0 Å². The molecule has 3 heteroatoms. The number of nitrogens with one attached hydrogen (secondary N) is 1. The number of aromatic hydroxyl groups is 1. The molecule has 0 spiro atoms. The summed E-state index contributed by atoms with van der Waals surface area (Å²) in [5.41, 5.74) is 1.15. The van der Waals surface area contributed by atoms with Gasteiger partial charge in [-0.2, -0.15) is 0 Å². The predicted octanol–water partition coefficient (Wildman–Crippen LogP) is 2.84. The van der Waals surface area contributed by atoms with E-state index in [-0.39, 0.29) is 29.9 Å². The molecule has 102 valence electrons. The maximum Gasteiger partial charge on any atom is 0.115 e. The first-order valence-corrected chi connectivity index (χ1v) is 6.50. The average molecular weight is 251 g/mol. The van der Waals surface area contributed by atoms with Crippen LogP contribution in [0.15, 0.2) is 24.3 Å². The Morgan fingerprint density at radius 2 is 1.94 bits per heavy atom. The van der Waals surface area contributed by atoms with E-state index < -0.39 is 0 Å². The molecule has 0 bridgehead atoms. The minimum atomic E-state index is 0.0911. The van der Waals surface area contributed by atoms with Crippen molar-refractivity contribution in [1.29, 1.82) is 0 Å². The van der Waals surface area contributed by atoms with Gasteiger partial charge in [0.2, 0.25) is 0 Å². The predicted molar refractivity (Wildman–Crippen MR) is 74.6 cm³/mol. The molecule has 2 unspecified atom stereocenters. The van der Waals surface area contributed by atoms with E-state index >= 15 is 0 Å². The summed E-state index contributed by atoms with van der Waals surface area (Å²) in [4.78, 5) is 0. The van der Waals surface area contributed by atoms with Gasteiger partial charge in [0.25, 0.3) is 0 Å². The van der Waals surface area contributed by atoms with Gasteiger partial charge in [-0.15, -0.1) is 0 Å². The summed E-state index contributed by atoms with van der Waals surface area (Å²) in [5, 5.41) is 22.2. The number of hydrogen-bond acceptors (Lipinski definition) is 3. The van der Waals surface area contributed by atoms with Crippen molar-refractivity contribution in [2.45, 2.75) is 46.2 Å². The summed E-state index contributed by atoms with van der Waals surface area (Å²) >= 11 is 0. The number of phenols is 1. The molecule has 1 aromatic carbocycles. The molecular formula is C15H25NO2. The fourth-order valence-corrected chi connectivity index (χ4v) is 2.09. The summed E-state index contributed by atoms with van der Waals surface area (Å²) in [7, 11) is 0. The highest BCUT2D eigenvalue weighted by Gasteiger charge is 2.25. The normalized spacial score (nSPS) is 15.4. The van der Waals surface area contributed by atoms with E-state index in [1.54, 1.807) is 12.1 Å². The average Bonchev–Trinajstić information content (AvgIpc) is 2.27. The molecule has 0 saturated carbocycles. The molecule has 0 heterocycles. The van der Waals surface area contributed by atoms with Gasteiger partial charge >= 0.3 is 0 Å². The molecule has 18 heavy (non-hydrogen) atoms. The SMILES string of the molecule is CC(NC(CCO)C(C)(C)C)c1cccc(O)c1. The van der Waals surface area contributed by atoms with E-state index in [9.17, 15) is 5.11 Å². The van der Waals surface area contributed by atoms with Crippen molar-refractivity contribution >= 4 is 0 Å². The molecule has 3 nitrogen and oxygen atoms in total. The highest BCUT2D eigenvalue weighted by molar-refractivity contribution is 5.29. The van der Waals surface area contributed by atoms with Gasteiger partial charge < -0.3 is 15.5 Å². The number of benzene rings is 1. The van der Waals surface area contributed by atoms with Gasteiger partial charge in [0.1, 0.15) is 5.75 Å². The van der Waals surface area contributed by atoms with Crippen LogP contribution >= 0.6 is 0 Å². The second-order valence-electron chi connectivity index (χ2n) is 5.91. The van der Waals surface area contributed by atoms with Crippen molar-refractivity contribution < 1.29 is 10.2 Å². The molecular weight excluding hydrogens is 226 g/mol. The Morgan fingerprint density at radius 1 is 1.28 bits per heavy atom. The zero-order chi connectivity index (χ0) is 13.8. The Hall–Kier alpha value is -1.06. The van der Waals surface area contributed by atoms with Crippen LogP contribution in [-0.2, 0) is 0 Å². The highest BCUT2D eigenvalue weighted by Crippen LogP contribution is 2.25. The Balaban J connectivity index is 2.75. The fraction of sp³-hybridized carbons (Fsp3) is 0.600. The Kier molecular flexibility index (Phi) is 5.17. The van der Waals surface area contributed by atoms with E-state index in [2.05, 4.69) is 33.0 Å². The monoisotopic (exact) mass is 251 g/mol. The topological polar surface area (TPSA) is 52.5 Å². The third-order valence-corrected chi connectivity index (χ3v) is 3.28. The molecule has 2 atom stereocenters. The number of phenolic OH excluding ortho intramolecular Hbond substituents is 1. The van der Waals surface area contributed by atoms with E-state index in [4.69, 9.17) is 5.11 Å². The standard InChI is InChI=1S/C15H25NO2/c1-11(12-6-5-7-13(18)10-12)16-14(8-9-17)15(2,3)4/h5-7,10-11,14,16-18H,8-9H2,1-4H3.